The lowest BCUT2D eigenvalue weighted by molar-refractivity contribution is -0.121. The summed E-state index contributed by atoms with van der Waals surface area (Å²) in [7, 11) is 0. The molecule has 1 amide bonds. The average Bonchev–Trinajstić information content (AvgIpc) is 2.68. The molecule has 1 atom stereocenters. The molecule has 0 unspecified atom stereocenters. The Morgan fingerprint density at radius 3 is 2.95 bits per heavy atom. The van der Waals surface area contributed by atoms with Crippen LogP contribution in [-0.4, -0.2) is 46.8 Å². The Balaban J connectivity index is 1.69. The van der Waals surface area contributed by atoms with Crippen LogP contribution in [-0.2, 0) is 11.3 Å². The highest BCUT2D eigenvalue weighted by atomic mass is 16.2. The van der Waals surface area contributed by atoms with Crippen LogP contribution in [0, 0.1) is 19.8 Å². The molecule has 5 nitrogen and oxygen atoms in total. The average molecular weight is 278 g/mol. The summed E-state index contributed by atoms with van der Waals surface area (Å²) in [6.45, 7) is 10.5. The molecule has 1 aliphatic rings. The van der Waals surface area contributed by atoms with Crippen molar-refractivity contribution in [3.8, 4) is 0 Å². The fourth-order valence-corrected chi connectivity index (χ4v) is 2.87. The van der Waals surface area contributed by atoms with Crippen LogP contribution in [0.25, 0.3) is 0 Å². The molecule has 5 heteroatoms. The first-order valence-corrected chi connectivity index (χ1v) is 7.54. The summed E-state index contributed by atoms with van der Waals surface area (Å²) in [6, 6.07) is 1.99. The Bertz CT molecular complexity index is 455. The lowest BCUT2D eigenvalue weighted by Crippen LogP contribution is -2.40. The monoisotopic (exact) mass is 278 g/mol. The van der Waals surface area contributed by atoms with Gasteiger partial charge in [0.05, 0.1) is 5.69 Å². The second-order valence-electron chi connectivity index (χ2n) is 5.98. The molecule has 0 spiro atoms. The predicted octanol–water partition coefficient (Wildman–Crippen LogP) is 1.35. The number of hydrogen-bond donors (Lipinski definition) is 1. The van der Waals surface area contributed by atoms with E-state index in [-0.39, 0.29) is 5.91 Å². The standard InChI is InChI=1S/C15H26N4O/c1-12-5-4-7-18(10-12)8-6-16-15(20)11-19-14(3)9-13(2)17-19/h9,12H,4-8,10-11H2,1-3H3,(H,16,20)/t12-/m1/s1. The summed E-state index contributed by atoms with van der Waals surface area (Å²) in [5.74, 6) is 0.829. The number of carbonyl (C=O) groups is 1. The van der Waals surface area contributed by atoms with Gasteiger partial charge >= 0.3 is 0 Å². The minimum Gasteiger partial charge on any atom is -0.353 e. The molecular weight excluding hydrogens is 252 g/mol. The highest BCUT2D eigenvalue weighted by molar-refractivity contribution is 5.75. The number of nitrogens with zero attached hydrogens (tertiary/aromatic N) is 3. The van der Waals surface area contributed by atoms with E-state index in [1.165, 1.54) is 12.8 Å². The molecule has 0 aliphatic carbocycles. The van der Waals surface area contributed by atoms with Crippen LogP contribution in [0.5, 0.6) is 0 Å². The first kappa shape index (κ1) is 15.0. The van der Waals surface area contributed by atoms with Gasteiger partial charge in [0.1, 0.15) is 6.54 Å². The number of likely N-dealkylation sites (tertiary alicyclic amines) is 1. The second-order valence-corrected chi connectivity index (χ2v) is 5.98. The van der Waals surface area contributed by atoms with Gasteiger partial charge in [0.2, 0.25) is 5.91 Å². The summed E-state index contributed by atoms with van der Waals surface area (Å²) < 4.78 is 1.76. The summed E-state index contributed by atoms with van der Waals surface area (Å²) in [4.78, 5) is 14.3. The minimum absolute atomic E-state index is 0.0428. The van der Waals surface area contributed by atoms with E-state index in [1.54, 1.807) is 4.68 Å². The van der Waals surface area contributed by atoms with Crippen molar-refractivity contribution in [3.05, 3.63) is 17.5 Å². The Kier molecular flexibility index (Phi) is 5.17. The number of hydrogen-bond acceptors (Lipinski definition) is 3. The van der Waals surface area contributed by atoms with Gasteiger partial charge in [-0.25, -0.2) is 0 Å². The van der Waals surface area contributed by atoms with Crippen LogP contribution >= 0.6 is 0 Å². The van der Waals surface area contributed by atoms with Gasteiger partial charge in [0.15, 0.2) is 0 Å². The molecule has 0 bridgehead atoms. The van der Waals surface area contributed by atoms with Crippen LogP contribution in [0.4, 0.5) is 0 Å². The maximum absolute atomic E-state index is 11.9. The molecule has 1 aromatic heterocycles. The Morgan fingerprint density at radius 2 is 2.30 bits per heavy atom. The van der Waals surface area contributed by atoms with Crippen molar-refractivity contribution < 1.29 is 4.79 Å². The zero-order valence-corrected chi connectivity index (χ0v) is 12.9. The molecule has 1 fully saturated rings. The van der Waals surface area contributed by atoms with Crippen LogP contribution < -0.4 is 5.32 Å². The van der Waals surface area contributed by atoms with Gasteiger partial charge in [-0.3, -0.25) is 9.48 Å². The first-order chi connectivity index (χ1) is 9.54. The van der Waals surface area contributed by atoms with Crippen molar-refractivity contribution in [2.24, 2.45) is 5.92 Å². The number of nitrogens with one attached hydrogen (secondary N) is 1. The van der Waals surface area contributed by atoms with E-state index >= 15 is 0 Å². The van der Waals surface area contributed by atoms with Crippen LogP contribution in [0.1, 0.15) is 31.2 Å². The summed E-state index contributed by atoms with van der Waals surface area (Å²) in [5, 5.41) is 7.29. The maximum Gasteiger partial charge on any atom is 0.241 e. The molecule has 2 rings (SSSR count). The normalized spacial score (nSPS) is 20.1. The van der Waals surface area contributed by atoms with E-state index < -0.39 is 0 Å². The van der Waals surface area contributed by atoms with Crippen molar-refractivity contribution in [1.82, 2.24) is 20.0 Å². The van der Waals surface area contributed by atoms with Crippen molar-refractivity contribution >= 4 is 5.91 Å². The largest absolute Gasteiger partial charge is 0.353 e. The van der Waals surface area contributed by atoms with Gasteiger partial charge in [-0.2, -0.15) is 5.10 Å². The predicted molar refractivity (Wildman–Crippen MR) is 79.5 cm³/mol. The Labute approximate surface area is 121 Å². The minimum atomic E-state index is 0.0428. The number of aromatic nitrogens is 2. The highest BCUT2D eigenvalue weighted by Crippen LogP contribution is 2.14. The molecular formula is C15H26N4O. The third-order valence-electron chi connectivity index (χ3n) is 3.89. The fraction of sp³-hybridized carbons (Fsp3) is 0.733. The molecule has 112 valence electrons. The number of rotatable bonds is 5. The SMILES string of the molecule is Cc1cc(C)n(CC(=O)NCCN2CCC[C@@H](C)C2)n1. The lowest BCUT2D eigenvalue weighted by atomic mass is 10.0. The molecule has 20 heavy (non-hydrogen) atoms. The van der Waals surface area contributed by atoms with Gasteiger partial charge < -0.3 is 10.2 Å². The first-order valence-electron chi connectivity index (χ1n) is 7.54. The topological polar surface area (TPSA) is 50.2 Å². The molecule has 1 saturated heterocycles. The smallest absolute Gasteiger partial charge is 0.241 e. The third kappa shape index (κ3) is 4.34. The van der Waals surface area contributed by atoms with Gasteiger partial charge in [0.25, 0.3) is 0 Å². The van der Waals surface area contributed by atoms with Crippen LogP contribution in [0.15, 0.2) is 6.07 Å². The van der Waals surface area contributed by atoms with Crippen molar-refractivity contribution in [2.45, 2.75) is 40.2 Å². The van der Waals surface area contributed by atoms with Gasteiger partial charge in [-0.15, -0.1) is 0 Å². The van der Waals surface area contributed by atoms with E-state index in [0.29, 0.717) is 6.54 Å². The van der Waals surface area contributed by atoms with Crippen molar-refractivity contribution in [2.75, 3.05) is 26.2 Å². The van der Waals surface area contributed by atoms with E-state index in [1.807, 2.05) is 19.9 Å². The van der Waals surface area contributed by atoms with E-state index in [2.05, 4.69) is 22.2 Å². The number of aryl methyl sites for hydroxylation is 2. The number of amides is 1. The zero-order chi connectivity index (χ0) is 14.5. The Morgan fingerprint density at radius 1 is 1.50 bits per heavy atom. The van der Waals surface area contributed by atoms with E-state index in [4.69, 9.17) is 0 Å². The quantitative estimate of drug-likeness (QED) is 0.884. The van der Waals surface area contributed by atoms with Crippen molar-refractivity contribution in [3.63, 3.8) is 0 Å². The molecule has 0 saturated carbocycles. The summed E-state index contributed by atoms with van der Waals surface area (Å²) in [6.07, 6.45) is 2.61. The van der Waals surface area contributed by atoms with Crippen LogP contribution in [0.3, 0.4) is 0 Å². The second kappa shape index (κ2) is 6.88. The molecule has 0 radical (unpaired) electrons. The lowest BCUT2D eigenvalue weighted by Gasteiger charge is -2.30. The highest BCUT2D eigenvalue weighted by Gasteiger charge is 2.15. The summed E-state index contributed by atoms with van der Waals surface area (Å²) in [5.41, 5.74) is 1.99. The zero-order valence-electron chi connectivity index (χ0n) is 12.9. The number of carbonyl (C=O) groups excluding carboxylic acids is 1. The maximum atomic E-state index is 11.9. The van der Waals surface area contributed by atoms with Crippen molar-refractivity contribution in [1.29, 1.82) is 0 Å². The fourth-order valence-electron chi connectivity index (χ4n) is 2.87. The molecule has 1 aromatic rings. The number of piperidine rings is 1. The molecule has 1 N–H and O–H groups in total. The molecule has 2 heterocycles. The van der Waals surface area contributed by atoms with Gasteiger partial charge in [-0.1, -0.05) is 6.92 Å². The Hall–Kier alpha value is -1.36. The summed E-state index contributed by atoms with van der Waals surface area (Å²) >= 11 is 0. The molecule has 1 aliphatic heterocycles. The third-order valence-corrected chi connectivity index (χ3v) is 3.89. The van der Waals surface area contributed by atoms with Gasteiger partial charge in [0, 0.05) is 25.3 Å². The van der Waals surface area contributed by atoms with Crippen LogP contribution in [0.2, 0.25) is 0 Å². The van der Waals surface area contributed by atoms with Gasteiger partial charge in [-0.05, 0) is 45.2 Å². The van der Waals surface area contributed by atoms with E-state index in [9.17, 15) is 4.79 Å². The van der Waals surface area contributed by atoms with E-state index in [0.717, 1.165) is 43.5 Å². The molecule has 0 aromatic carbocycles.